The molecule has 0 bridgehead atoms. The fourth-order valence-corrected chi connectivity index (χ4v) is 5.23. The smallest absolute Gasteiger partial charge is 0.292 e. The number of fused-ring (bicyclic) bond motifs is 3. The molecule has 6 aromatic rings. The van der Waals surface area contributed by atoms with Gasteiger partial charge in [-0.25, -0.2) is 0 Å². The van der Waals surface area contributed by atoms with Gasteiger partial charge in [0.25, 0.3) is 18.8 Å². The molecule has 6 aromatic carbocycles. The van der Waals surface area contributed by atoms with E-state index in [1.165, 1.54) is 0 Å². The van der Waals surface area contributed by atoms with Crippen molar-refractivity contribution in [2.75, 3.05) is 0 Å². The van der Waals surface area contributed by atoms with Crippen molar-refractivity contribution < 1.29 is 14.2 Å². The Bertz CT molecular complexity index is 2050. The number of nitriles is 3. The molecule has 0 radical (unpaired) electrons. The largest absolute Gasteiger partial charge is 0.388 e. The van der Waals surface area contributed by atoms with Crippen LogP contribution < -0.4 is 14.2 Å². The first-order valence-corrected chi connectivity index (χ1v) is 12.0. The van der Waals surface area contributed by atoms with Crippen LogP contribution in [0, 0.1) is 34.6 Å². The maximum absolute atomic E-state index is 9.47. The summed E-state index contributed by atoms with van der Waals surface area (Å²) in [6.45, 7) is 0. The van der Waals surface area contributed by atoms with E-state index in [9.17, 15) is 10.5 Å². The third-order valence-corrected chi connectivity index (χ3v) is 6.78. The minimum atomic E-state index is 0.396. The van der Waals surface area contributed by atoms with E-state index >= 15 is 0 Å². The molecule has 0 N–H and O–H groups in total. The van der Waals surface area contributed by atoms with Crippen LogP contribution in [0.5, 0.6) is 17.2 Å². The summed E-state index contributed by atoms with van der Waals surface area (Å²) in [5.74, 6) is 1.27. The third kappa shape index (κ3) is 3.98. The molecule has 0 saturated carbocycles. The predicted octanol–water partition coefficient (Wildman–Crippen LogP) is 8.06. The van der Waals surface area contributed by atoms with E-state index in [4.69, 9.17) is 19.5 Å². The van der Waals surface area contributed by atoms with Crippen LogP contribution in [0.15, 0.2) is 103 Å². The number of hydrogen-bond donors (Lipinski definition) is 0. The van der Waals surface area contributed by atoms with Crippen molar-refractivity contribution in [3.8, 4) is 58.3 Å². The highest BCUT2D eigenvalue weighted by molar-refractivity contribution is 6.15. The topological polar surface area (TPSA) is 99.1 Å². The maximum atomic E-state index is 9.47. The molecule has 0 spiro atoms. The van der Waals surface area contributed by atoms with Gasteiger partial charge in [-0.15, -0.1) is 15.8 Å². The Hall–Kier alpha value is -6.03. The van der Waals surface area contributed by atoms with Gasteiger partial charge < -0.3 is 14.2 Å². The molecule has 6 nitrogen and oxygen atoms in total. The molecule has 0 aliphatic rings. The van der Waals surface area contributed by atoms with Crippen LogP contribution >= 0.6 is 0 Å². The molecular weight excluding hydrogens is 486 g/mol. The summed E-state index contributed by atoms with van der Waals surface area (Å²) in [7, 11) is 0. The number of hydrogen-bond acceptors (Lipinski definition) is 6. The molecule has 0 fully saturated rings. The van der Waals surface area contributed by atoms with Gasteiger partial charge >= 0.3 is 0 Å². The minimum absolute atomic E-state index is 0.396. The lowest BCUT2D eigenvalue weighted by Gasteiger charge is -2.18. The minimum Gasteiger partial charge on any atom is -0.388 e. The maximum Gasteiger partial charge on any atom is 0.292 e. The lowest BCUT2D eigenvalue weighted by molar-refractivity contribution is 0.508. The van der Waals surface area contributed by atoms with Crippen LogP contribution in [0.2, 0.25) is 0 Å². The van der Waals surface area contributed by atoms with Crippen molar-refractivity contribution in [1.82, 2.24) is 0 Å². The molecule has 182 valence electrons. The van der Waals surface area contributed by atoms with E-state index in [2.05, 4.69) is 0 Å². The highest BCUT2D eigenvalue weighted by Crippen LogP contribution is 2.46. The van der Waals surface area contributed by atoms with Gasteiger partial charge in [-0.1, -0.05) is 78.9 Å². The van der Waals surface area contributed by atoms with Crippen LogP contribution in [0.25, 0.3) is 54.6 Å². The quantitative estimate of drug-likeness (QED) is 0.221. The van der Waals surface area contributed by atoms with Crippen molar-refractivity contribution >= 4 is 32.3 Å². The Labute approximate surface area is 223 Å². The molecule has 0 unspecified atom stereocenters. The summed E-state index contributed by atoms with van der Waals surface area (Å²) < 4.78 is 15.9. The average molecular weight is 504 g/mol. The summed E-state index contributed by atoms with van der Waals surface area (Å²) in [6, 6.07) is 32.6. The molecule has 6 rings (SSSR count). The summed E-state index contributed by atoms with van der Waals surface area (Å²) in [6.07, 6.45) is 5.33. The van der Waals surface area contributed by atoms with Gasteiger partial charge in [0, 0.05) is 10.9 Å². The molecule has 0 aromatic heterocycles. The first kappa shape index (κ1) is 23.4. The van der Waals surface area contributed by atoms with Gasteiger partial charge in [-0.05, 0) is 67.9 Å². The number of benzene rings is 6. The number of rotatable bonds is 5. The van der Waals surface area contributed by atoms with Crippen molar-refractivity contribution in [2.45, 2.75) is 0 Å². The van der Waals surface area contributed by atoms with E-state index < -0.39 is 0 Å². The van der Waals surface area contributed by atoms with Gasteiger partial charge in [0.15, 0.2) is 11.5 Å². The highest BCUT2D eigenvalue weighted by Gasteiger charge is 2.20. The summed E-state index contributed by atoms with van der Waals surface area (Å²) in [5, 5.41) is 33.1. The van der Waals surface area contributed by atoms with Gasteiger partial charge in [0.1, 0.15) is 5.75 Å². The van der Waals surface area contributed by atoms with E-state index in [0.29, 0.717) is 17.2 Å². The molecule has 0 aliphatic heterocycles. The van der Waals surface area contributed by atoms with Crippen molar-refractivity contribution in [3.05, 3.63) is 103 Å². The standard InChI is InChI=1S/C33H17N3O3/c34-18-37-23-12-13-24-22(17-23)6-3-8-26(24)27-14-15-29(33-28(27)9-4-10-30(33)38-19-35)32-25-7-2-1-5-21(25)11-16-31(32)39-20-36/h1-17H. The normalized spacial score (nSPS) is 10.5. The predicted molar refractivity (Wildman–Crippen MR) is 149 cm³/mol. The Kier molecular flexibility index (Phi) is 5.87. The lowest BCUT2D eigenvalue weighted by atomic mass is 9.88. The first-order valence-electron chi connectivity index (χ1n) is 12.0. The summed E-state index contributed by atoms with van der Waals surface area (Å²) in [5.41, 5.74) is 3.40. The number of nitrogens with zero attached hydrogens (tertiary/aromatic N) is 3. The fraction of sp³-hybridized carbons (Fsp3) is 0. The van der Waals surface area contributed by atoms with E-state index in [1.807, 2.05) is 91.2 Å². The second-order valence-corrected chi connectivity index (χ2v) is 8.77. The Morgan fingerprint density at radius 2 is 1.15 bits per heavy atom. The molecule has 0 heterocycles. The monoisotopic (exact) mass is 503 g/mol. The second-order valence-electron chi connectivity index (χ2n) is 8.77. The van der Waals surface area contributed by atoms with Crippen LogP contribution in [0.3, 0.4) is 0 Å². The third-order valence-electron chi connectivity index (χ3n) is 6.78. The molecule has 6 heteroatoms. The van der Waals surface area contributed by atoms with E-state index in [0.717, 1.165) is 54.6 Å². The molecule has 0 saturated heterocycles. The Morgan fingerprint density at radius 3 is 2.00 bits per heavy atom. The second kappa shape index (κ2) is 9.79. The average Bonchev–Trinajstić information content (AvgIpc) is 2.97. The van der Waals surface area contributed by atoms with Gasteiger partial charge in [-0.2, -0.15) is 0 Å². The Balaban J connectivity index is 1.70. The first-order chi connectivity index (χ1) is 19.2. The molecular formula is C33H17N3O3. The van der Waals surface area contributed by atoms with Crippen LogP contribution in [-0.4, -0.2) is 0 Å². The number of ether oxygens (including phenoxy) is 3. The molecule has 0 amide bonds. The van der Waals surface area contributed by atoms with Crippen LogP contribution in [0.4, 0.5) is 0 Å². The van der Waals surface area contributed by atoms with Gasteiger partial charge in [-0.3, -0.25) is 0 Å². The summed E-state index contributed by atoms with van der Waals surface area (Å²) >= 11 is 0. The SMILES string of the molecule is N#COc1ccc2c(-c3ccc(-c4c(OC#N)ccc5ccccc45)c4c(OC#N)cccc34)cccc2c1. The Morgan fingerprint density at radius 1 is 0.462 bits per heavy atom. The zero-order valence-electron chi connectivity index (χ0n) is 20.4. The molecule has 0 atom stereocenters. The van der Waals surface area contributed by atoms with Gasteiger partial charge in [0.05, 0.1) is 0 Å². The van der Waals surface area contributed by atoms with E-state index in [-0.39, 0.29) is 0 Å². The van der Waals surface area contributed by atoms with Crippen molar-refractivity contribution in [1.29, 1.82) is 15.8 Å². The zero-order chi connectivity index (χ0) is 26.8. The van der Waals surface area contributed by atoms with Crippen molar-refractivity contribution in [3.63, 3.8) is 0 Å². The molecule has 39 heavy (non-hydrogen) atoms. The lowest BCUT2D eigenvalue weighted by Crippen LogP contribution is -1.94. The zero-order valence-corrected chi connectivity index (χ0v) is 20.4. The van der Waals surface area contributed by atoms with Crippen LogP contribution in [0.1, 0.15) is 0 Å². The van der Waals surface area contributed by atoms with Gasteiger partial charge in [0.2, 0.25) is 0 Å². The fourth-order valence-electron chi connectivity index (χ4n) is 5.23. The summed E-state index contributed by atoms with van der Waals surface area (Å²) in [4.78, 5) is 0. The van der Waals surface area contributed by atoms with E-state index in [1.54, 1.807) is 30.7 Å². The van der Waals surface area contributed by atoms with Crippen LogP contribution in [-0.2, 0) is 0 Å². The van der Waals surface area contributed by atoms with Crippen molar-refractivity contribution in [2.24, 2.45) is 0 Å². The molecule has 0 aliphatic carbocycles. The highest BCUT2D eigenvalue weighted by atomic mass is 16.5.